The summed E-state index contributed by atoms with van der Waals surface area (Å²) in [7, 11) is 0. The molecule has 0 amide bonds. The highest BCUT2D eigenvalue weighted by atomic mass is 35.5. The largest absolute Gasteiger partial charge is 0.477 e. The van der Waals surface area contributed by atoms with Gasteiger partial charge in [0.25, 0.3) is 0 Å². The second-order valence-corrected chi connectivity index (χ2v) is 3.89. The summed E-state index contributed by atoms with van der Waals surface area (Å²) in [6, 6.07) is 3.43. The zero-order chi connectivity index (χ0) is 10.1. The highest BCUT2D eigenvalue weighted by Gasteiger charge is 2.25. The molecule has 0 radical (unpaired) electrons. The van der Waals surface area contributed by atoms with E-state index in [1.807, 2.05) is 0 Å². The lowest BCUT2D eigenvalue weighted by Crippen LogP contribution is -2.15. The summed E-state index contributed by atoms with van der Waals surface area (Å²) in [6.07, 6.45) is 3.29. The molecular formula is C10H10ClNO2. The van der Waals surface area contributed by atoms with Crippen LogP contribution in [0.4, 0.5) is 0 Å². The fraction of sp³-hybridized carbons (Fsp3) is 0.400. The van der Waals surface area contributed by atoms with Crippen molar-refractivity contribution in [2.75, 3.05) is 0 Å². The molecule has 0 spiro atoms. The topological polar surface area (TPSA) is 50.2 Å². The molecule has 0 bridgehead atoms. The van der Waals surface area contributed by atoms with E-state index in [1.165, 1.54) is 6.42 Å². The van der Waals surface area contributed by atoms with Gasteiger partial charge in [0.05, 0.1) is 0 Å². The second kappa shape index (κ2) is 3.58. The van der Waals surface area contributed by atoms with Crippen LogP contribution in [0.1, 0.15) is 41.2 Å². The number of pyridine rings is 1. The summed E-state index contributed by atoms with van der Waals surface area (Å²) >= 11 is 5.65. The number of carboxylic acids is 1. The molecule has 1 saturated carbocycles. The van der Waals surface area contributed by atoms with Crippen molar-refractivity contribution in [3.05, 3.63) is 28.5 Å². The smallest absolute Gasteiger partial charge is 0.354 e. The fourth-order valence-electron chi connectivity index (χ4n) is 1.67. The molecule has 14 heavy (non-hydrogen) atoms. The highest BCUT2D eigenvalue weighted by molar-refractivity contribution is 6.29. The quantitative estimate of drug-likeness (QED) is 0.766. The third-order valence-electron chi connectivity index (χ3n) is 2.64. The molecule has 3 nitrogen and oxygen atoms in total. The summed E-state index contributed by atoms with van der Waals surface area (Å²) in [5, 5.41) is 9.18. The Morgan fingerprint density at radius 2 is 2.21 bits per heavy atom. The van der Waals surface area contributed by atoms with Gasteiger partial charge in [0, 0.05) is 0 Å². The van der Waals surface area contributed by atoms with E-state index in [1.54, 1.807) is 12.1 Å². The second-order valence-electron chi connectivity index (χ2n) is 3.50. The van der Waals surface area contributed by atoms with E-state index in [-0.39, 0.29) is 10.8 Å². The highest BCUT2D eigenvalue weighted by Crippen LogP contribution is 2.37. The molecule has 2 rings (SSSR count). The van der Waals surface area contributed by atoms with Gasteiger partial charge in [-0.25, -0.2) is 9.78 Å². The summed E-state index contributed by atoms with van der Waals surface area (Å²) in [6.45, 7) is 0. The van der Waals surface area contributed by atoms with Gasteiger partial charge in [-0.1, -0.05) is 24.1 Å². The Morgan fingerprint density at radius 1 is 1.50 bits per heavy atom. The third-order valence-corrected chi connectivity index (χ3v) is 2.85. The molecule has 0 aromatic carbocycles. The van der Waals surface area contributed by atoms with Crippen LogP contribution in [-0.4, -0.2) is 16.1 Å². The normalized spacial score (nSPS) is 16.4. The number of halogens is 1. The Morgan fingerprint density at radius 3 is 2.71 bits per heavy atom. The standard InChI is InChI=1S/C10H10ClNO2/c11-8-5-4-7(6-2-1-3-6)9(12-8)10(13)14/h4-6H,1-3H2,(H,13,14). The average Bonchev–Trinajstić information content (AvgIpc) is 2.04. The molecular weight excluding hydrogens is 202 g/mol. The molecule has 1 aliphatic carbocycles. The van der Waals surface area contributed by atoms with Crippen molar-refractivity contribution >= 4 is 17.6 Å². The number of carbonyl (C=O) groups is 1. The zero-order valence-electron chi connectivity index (χ0n) is 7.53. The first-order valence-corrected chi connectivity index (χ1v) is 4.96. The Hall–Kier alpha value is -1.09. The molecule has 1 heterocycles. The third kappa shape index (κ3) is 1.60. The molecule has 74 valence electrons. The lowest BCUT2D eigenvalue weighted by molar-refractivity contribution is 0.0687. The van der Waals surface area contributed by atoms with Crippen molar-refractivity contribution in [2.24, 2.45) is 0 Å². The van der Waals surface area contributed by atoms with Crippen LogP contribution in [-0.2, 0) is 0 Å². The molecule has 0 atom stereocenters. The molecule has 0 saturated heterocycles. The Balaban J connectivity index is 2.41. The number of hydrogen-bond donors (Lipinski definition) is 1. The Kier molecular flexibility index (Phi) is 2.42. The van der Waals surface area contributed by atoms with Gasteiger partial charge in [-0.15, -0.1) is 0 Å². The van der Waals surface area contributed by atoms with Crippen LogP contribution in [0.5, 0.6) is 0 Å². The van der Waals surface area contributed by atoms with E-state index in [0.29, 0.717) is 5.92 Å². The zero-order valence-corrected chi connectivity index (χ0v) is 8.29. The van der Waals surface area contributed by atoms with Gasteiger partial charge in [0.15, 0.2) is 5.69 Å². The van der Waals surface area contributed by atoms with Crippen molar-refractivity contribution in [3.8, 4) is 0 Å². The fourth-order valence-corrected chi connectivity index (χ4v) is 1.81. The van der Waals surface area contributed by atoms with Gasteiger partial charge in [-0.2, -0.15) is 0 Å². The molecule has 1 aromatic rings. The van der Waals surface area contributed by atoms with Crippen LogP contribution in [0.25, 0.3) is 0 Å². The first-order valence-electron chi connectivity index (χ1n) is 4.58. The van der Waals surface area contributed by atoms with Crippen LogP contribution in [0.15, 0.2) is 12.1 Å². The minimum atomic E-state index is -0.991. The maximum absolute atomic E-state index is 10.9. The van der Waals surface area contributed by atoms with Crippen molar-refractivity contribution in [2.45, 2.75) is 25.2 Å². The lowest BCUT2D eigenvalue weighted by atomic mass is 9.79. The number of nitrogens with zero attached hydrogens (tertiary/aromatic N) is 1. The maximum Gasteiger partial charge on any atom is 0.354 e. The molecule has 0 unspecified atom stereocenters. The van der Waals surface area contributed by atoms with Crippen molar-refractivity contribution in [3.63, 3.8) is 0 Å². The van der Waals surface area contributed by atoms with Crippen LogP contribution in [0.3, 0.4) is 0 Å². The van der Waals surface area contributed by atoms with Crippen molar-refractivity contribution in [1.82, 2.24) is 4.98 Å². The van der Waals surface area contributed by atoms with Crippen molar-refractivity contribution in [1.29, 1.82) is 0 Å². The van der Waals surface area contributed by atoms with Gasteiger partial charge in [0.2, 0.25) is 0 Å². The maximum atomic E-state index is 10.9. The van der Waals surface area contributed by atoms with E-state index in [0.717, 1.165) is 18.4 Å². The molecule has 1 fully saturated rings. The first-order chi connectivity index (χ1) is 6.68. The van der Waals surface area contributed by atoms with Gasteiger partial charge >= 0.3 is 5.97 Å². The van der Waals surface area contributed by atoms with Crippen LogP contribution in [0.2, 0.25) is 5.15 Å². The monoisotopic (exact) mass is 211 g/mol. The van der Waals surface area contributed by atoms with Crippen molar-refractivity contribution < 1.29 is 9.90 Å². The number of aromatic carboxylic acids is 1. The summed E-state index contributed by atoms with van der Waals surface area (Å²) < 4.78 is 0. The van der Waals surface area contributed by atoms with Gasteiger partial charge in [-0.05, 0) is 30.4 Å². The molecule has 1 N–H and O–H groups in total. The Bertz CT molecular complexity index is 374. The number of aromatic nitrogens is 1. The van der Waals surface area contributed by atoms with Gasteiger partial charge < -0.3 is 5.11 Å². The molecule has 4 heteroatoms. The minimum Gasteiger partial charge on any atom is -0.477 e. The average molecular weight is 212 g/mol. The minimum absolute atomic E-state index is 0.113. The van der Waals surface area contributed by atoms with Gasteiger partial charge in [0.1, 0.15) is 5.15 Å². The number of carboxylic acid groups (broad SMARTS) is 1. The van der Waals surface area contributed by atoms with E-state index in [4.69, 9.17) is 16.7 Å². The van der Waals surface area contributed by atoms with Crippen LogP contribution < -0.4 is 0 Å². The summed E-state index contributed by atoms with van der Waals surface area (Å²) in [5.74, 6) is -0.625. The summed E-state index contributed by atoms with van der Waals surface area (Å²) in [5.41, 5.74) is 0.940. The number of rotatable bonds is 2. The number of hydrogen-bond acceptors (Lipinski definition) is 2. The van der Waals surface area contributed by atoms with E-state index >= 15 is 0 Å². The molecule has 1 aromatic heterocycles. The SMILES string of the molecule is O=C(O)c1nc(Cl)ccc1C1CCC1. The predicted octanol–water partition coefficient (Wildman–Crippen LogP) is 2.70. The van der Waals surface area contributed by atoms with E-state index < -0.39 is 5.97 Å². The lowest BCUT2D eigenvalue weighted by Gasteiger charge is -2.26. The van der Waals surface area contributed by atoms with E-state index in [9.17, 15) is 4.79 Å². The molecule has 0 aliphatic heterocycles. The first kappa shape index (κ1) is 9.46. The predicted molar refractivity (Wildman–Crippen MR) is 52.8 cm³/mol. The molecule has 1 aliphatic rings. The van der Waals surface area contributed by atoms with Crippen LogP contribution >= 0.6 is 11.6 Å². The van der Waals surface area contributed by atoms with Crippen LogP contribution in [0, 0.1) is 0 Å². The van der Waals surface area contributed by atoms with E-state index in [2.05, 4.69) is 4.98 Å². The Labute approximate surface area is 86.7 Å². The summed E-state index contributed by atoms with van der Waals surface area (Å²) in [4.78, 5) is 14.7. The van der Waals surface area contributed by atoms with Gasteiger partial charge in [-0.3, -0.25) is 0 Å².